The van der Waals surface area contributed by atoms with Gasteiger partial charge in [-0.25, -0.2) is 0 Å². The van der Waals surface area contributed by atoms with Crippen LogP contribution in [-0.2, 0) is 6.54 Å². The van der Waals surface area contributed by atoms with Gasteiger partial charge in [-0.3, -0.25) is 0 Å². The van der Waals surface area contributed by atoms with Gasteiger partial charge in [-0.2, -0.15) is 4.57 Å². The van der Waals surface area contributed by atoms with E-state index in [1.165, 1.54) is 36.4 Å². The number of aryl methyl sites for hydroxylation is 1. The van der Waals surface area contributed by atoms with E-state index in [-0.39, 0.29) is 24.0 Å². The van der Waals surface area contributed by atoms with Crippen LogP contribution in [0.4, 0.5) is 5.69 Å². The maximum atomic E-state index is 3.61. The zero-order valence-electron chi connectivity index (χ0n) is 17.1. The third-order valence-electron chi connectivity index (χ3n) is 5.04. The fourth-order valence-corrected chi connectivity index (χ4v) is 7.10. The van der Waals surface area contributed by atoms with Gasteiger partial charge in [-0.15, -0.1) is 0 Å². The van der Waals surface area contributed by atoms with E-state index in [0.29, 0.717) is 0 Å². The highest BCUT2D eigenvalue weighted by molar-refractivity contribution is 9.10. The second-order valence-electron chi connectivity index (χ2n) is 6.81. The number of allylic oxidation sites excluding steroid dienone is 2. The molecule has 2 heterocycles. The number of anilines is 1. The van der Waals surface area contributed by atoms with Gasteiger partial charge < -0.3 is 28.9 Å². The molecular weight excluding hydrogens is 655 g/mol. The molecule has 0 spiro atoms. The van der Waals surface area contributed by atoms with Gasteiger partial charge in [0.05, 0.1) is 10.7 Å². The minimum atomic E-state index is 0. The number of nitrogens with zero attached hydrogens (tertiary/aromatic N) is 2. The topological polar surface area (TPSA) is 7.12 Å². The maximum absolute atomic E-state index is 3.61. The number of hydrogen-bond donors (Lipinski definition) is 0. The minimum Gasteiger partial charge on any atom is -1.00 e. The first-order valence-corrected chi connectivity index (χ1v) is 13.0. The Morgan fingerprint density at radius 3 is 2.50 bits per heavy atom. The van der Waals surface area contributed by atoms with Crippen LogP contribution in [0.15, 0.2) is 66.9 Å². The van der Waals surface area contributed by atoms with Crippen molar-refractivity contribution in [3.63, 3.8) is 0 Å². The Kier molecular flexibility index (Phi) is 8.51. The van der Waals surface area contributed by atoms with Crippen molar-refractivity contribution in [3.8, 4) is 0 Å². The van der Waals surface area contributed by atoms with Crippen LogP contribution < -0.4 is 33.4 Å². The van der Waals surface area contributed by atoms with Gasteiger partial charge in [-0.05, 0) is 62.2 Å². The summed E-state index contributed by atoms with van der Waals surface area (Å²) in [4.78, 5) is 3.73. The number of hydrogen-bond acceptors (Lipinski definition) is 3. The molecule has 2 nitrogen and oxygen atoms in total. The third kappa shape index (κ3) is 4.85. The molecule has 1 aromatic heterocycles. The van der Waals surface area contributed by atoms with Gasteiger partial charge in [0.25, 0.3) is 5.01 Å². The highest BCUT2D eigenvalue weighted by Gasteiger charge is 2.24. The SMILES string of the molecule is CCC(/C=C1\Sc2cc(Br)ccc2N1CC)=C\c1sc2cc(Br)ccc2[n+]1CC.[I-]. The zero-order valence-corrected chi connectivity index (χ0v) is 24.0. The molecule has 0 saturated carbocycles. The Bertz CT molecular complexity index is 1140. The lowest BCUT2D eigenvalue weighted by atomic mass is 10.2. The molecule has 3 aromatic rings. The summed E-state index contributed by atoms with van der Waals surface area (Å²) in [6.07, 6.45) is 5.73. The molecule has 0 radical (unpaired) electrons. The van der Waals surface area contributed by atoms with Crippen molar-refractivity contribution >= 4 is 76.9 Å². The first-order chi connectivity index (χ1) is 14.0. The minimum absolute atomic E-state index is 0. The van der Waals surface area contributed by atoms with Crippen LogP contribution in [0.1, 0.15) is 32.2 Å². The predicted octanol–water partition coefficient (Wildman–Crippen LogP) is 5.00. The Balaban J connectivity index is 0.00000256. The van der Waals surface area contributed by atoms with Crippen LogP contribution in [0.25, 0.3) is 16.3 Å². The molecule has 0 aliphatic carbocycles. The quantitative estimate of drug-likeness (QED) is 0.277. The van der Waals surface area contributed by atoms with Gasteiger partial charge in [0.1, 0.15) is 11.2 Å². The van der Waals surface area contributed by atoms with E-state index in [1.54, 1.807) is 0 Å². The Hall–Kier alpha value is -0.350. The zero-order chi connectivity index (χ0) is 20.5. The predicted molar refractivity (Wildman–Crippen MR) is 135 cm³/mol. The first kappa shape index (κ1) is 24.3. The van der Waals surface area contributed by atoms with E-state index in [0.717, 1.165) is 28.5 Å². The molecule has 0 N–H and O–H groups in total. The van der Waals surface area contributed by atoms with E-state index in [9.17, 15) is 0 Å². The average molecular weight is 678 g/mol. The van der Waals surface area contributed by atoms with Crippen molar-refractivity contribution in [2.45, 2.75) is 38.6 Å². The lowest BCUT2D eigenvalue weighted by Gasteiger charge is -2.18. The fourth-order valence-electron chi connectivity index (χ4n) is 3.59. The smallest absolute Gasteiger partial charge is 0.263 e. The number of halogens is 3. The summed E-state index contributed by atoms with van der Waals surface area (Å²) in [5.41, 5.74) is 3.96. The van der Waals surface area contributed by atoms with Crippen molar-refractivity contribution in [3.05, 3.63) is 67.0 Å². The van der Waals surface area contributed by atoms with E-state index >= 15 is 0 Å². The van der Waals surface area contributed by atoms with Crippen LogP contribution in [0, 0.1) is 0 Å². The highest BCUT2D eigenvalue weighted by Crippen LogP contribution is 2.47. The molecule has 0 amide bonds. The summed E-state index contributed by atoms with van der Waals surface area (Å²) in [7, 11) is 0. The molecular formula is C23H23Br2IN2S2. The molecule has 0 saturated heterocycles. The van der Waals surface area contributed by atoms with E-state index < -0.39 is 0 Å². The summed E-state index contributed by atoms with van der Waals surface area (Å²) < 4.78 is 5.99. The standard InChI is InChI=1S/C23H23Br2N2S2.HI/c1-4-15(11-22-26(5-2)18-9-7-16(24)13-20(18)28-22)12-23-27(6-3)19-10-8-17(25)14-21(19)29-23;/h7-14H,4-6H2,1-3H3;1H/q+1;/p-1. The van der Waals surface area contributed by atoms with Crippen LogP contribution in [-0.4, -0.2) is 6.54 Å². The molecule has 0 atom stereocenters. The molecule has 1 aliphatic heterocycles. The number of thiazole rings is 1. The van der Waals surface area contributed by atoms with Crippen LogP contribution >= 0.6 is 55.0 Å². The summed E-state index contributed by atoms with van der Waals surface area (Å²) in [5, 5.41) is 2.61. The number of fused-ring (bicyclic) bond motifs is 2. The summed E-state index contributed by atoms with van der Waals surface area (Å²) in [6.45, 7) is 8.61. The van der Waals surface area contributed by atoms with Gasteiger partial charge in [0.15, 0.2) is 0 Å². The first-order valence-electron chi connectivity index (χ1n) is 9.83. The van der Waals surface area contributed by atoms with Crippen LogP contribution in [0.2, 0.25) is 0 Å². The third-order valence-corrected chi connectivity index (χ3v) is 8.22. The number of benzene rings is 2. The van der Waals surface area contributed by atoms with Crippen LogP contribution in [0.3, 0.4) is 0 Å². The summed E-state index contributed by atoms with van der Waals surface area (Å²) in [6, 6.07) is 13.1. The molecule has 158 valence electrons. The van der Waals surface area contributed by atoms with Crippen molar-refractivity contribution < 1.29 is 28.5 Å². The largest absolute Gasteiger partial charge is 1.00 e. The molecule has 1 aliphatic rings. The molecule has 2 aromatic carbocycles. The summed E-state index contributed by atoms with van der Waals surface area (Å²) >= 11 is 10.9. The van der Waals surface area contributed by atoms with Gasteiger partial charge >= 0.3 is 0 Å². The number of aromatic nitrogens is 1. The maximum Gasteiger partial charge on any atom is 0.263 e. The van der Waals surface area contributed by atoms with E-state index in [4.69, 9.17) is 0 Å². The second kappa shape index (κ2) is 10.5. The van der Waals surface area contributed by atoms with Gasteiger partial charge in [0.2, 0.25) is 5.52 Å². The van der Waals surface area contributed by atoms with Crippen molar-refractivity contribution in [1.82, 2.24) is 0 Å². The molecule has 4 rings (SSSR count). The highest BCUT2D eigenvalue weighted by atomic mass is 127. The Labute approximate surface area is 220 Å². The molecule has 0 fully saturated rings. The van der Waals surface area contributed by atoms with Gasteiger partial charge in [-0.1, -0.05) is 61.9 Å². The Morgan fingerprint density at radius 1 is 1.07 bits per heavy atom. The average Bonchev–Trinajstić information content (AvgIpc) is 3.22. The molecule has 30 heavy (non-hydrogen) atoms. The molecule has 0 bridgehead atoms. The van der Waals surface area contributed by atoms with Crippen molar-refractivity contribution in [2.75, 3.05) is 11.4 Å². The lowest BCUT2D eigenvalue weighted by Crippen LogP contribution is -3.00. The van der Waals surface area contributed by atoms with E-state index in [1.807, 2.05) is 23.1 Å². The monoisotopic (exact) mass is 676 g/mol. The van der Waals surface area contributed by atoms with E-state index in [2.05, 4.69) is 111 Å². The van der Waals surface area contributed by atoms with Crippen molar-refractivity contribution in [1.29, 1.82) is 0 Å². The Morgan fingerprint density at radius 2 is 1.80 bits per heavy atom. The van der Waals surface area contributed by atoms with Crippen molar-refractivity contribution in [2.24, 2.45) is 0 Å². The lowest BCUT2D eigenvalue weighted by molar-refractivity contribution is -0.665. The fraction of sp³-hybridized carbons (Fsp3) is 0.261. The second-order valence-corrected chi connectivity index (χ2v) is 10.8. The molecule has 0 unspecified atom stereocenters. The molecule has 7 heteroatoms. The van der Waals surface area contributed by atoms with Gasteiger partial charge in [0, 0.05) is 32.5 Å². The summed E-state index contributed by atoms with van der Waals surface area (Å²) in [5.74, 6) is 0. The number of rotatable bonds is 5. The van der Waals surface area contributed by atoms with Crippen LogP contribution in [0.5, 0.6) is 0 Å². The number of thioether (sulfide) groups is 1. The normalized spacial score (nSPS) is 15.0.